The van der Waals surface area contributed by atoms with Gasteiger partial charge in [0.05, 0.1) is 5.56 Å². The van der Waals surface area contributed by atoms with E-state index in [2.05, 4.69) is 11.8 Å². The fourth-order valence-corrected chi connectivity index (χ4v) is 5.85. The summed E-state index contributed by atoms with van der Waals surface area (Å²) in [5.74, 6) is -0.631. The molecule has 4 rings (SSSR count). The fraction of sp³-hybridized carbons (Fsp3) is 0.682. The summed E-state index contributed by atoms with van der Waals surface area (Å²) >= 11 is 0. The number of carboxylic acid groups (broad SMARTS) is 1. The molecule has 1 aromatic carbocycles. The van der Waals surface area contributed by atoms with Crippen LogP contribution in [0.5, 0.6) is 0 Å². The molecule has 1 heterocycles. The van der Waals surface area contributed by atoms with Gasteiger partial charge < -0.3 is 5.11 Å². The van der Waals surface area contributed by atoms with E-state index in [1.165, 1.54) is 51.0 Å². The molecule has 2 saturated carbocycles. The van der Waals surface area contributed by atoms with E-state index in [4.69, 9.17) is 0 Å². The Morgan fingerprint density at radius 2 is 2.00 bits per heavy atom. The Morgan fingerprint density at radius 3 is 2.65 bits per heavy atom. The van der Waals surface area contributed by atoms with Crippen molar-refractivity contribution in [2.45, 2.75) is 77.3 Å². The lowest BCUT2D eigenvalue weighted by atomic mass is 9.55. The van der Waals surface area contributed by atoms with Crippen LogP contribution in [0.3, 0.4) is 0 Å². The van der Waals surface area contributed by atoms with Crippen molar-refractivity contribution < 1.29 is 14.3 Å². The zero-order valence-electron chi connectivity index (χ0n) is 15.8. The number of hydrogen-bond donors (Lipinski definition) is 1. The Hall–Kier alpha value is -1.42. The van der Waals surface area contributed by atoms with Gasteiger partial charge in [0, 0.05) is 19.1 Å². The van der Waals surface area contributed by atoms with Crippen molar-refractivity contribution in [2.75, 3.05) is 6.54 Å². The molecule has 0 saturated heterocycles. The highest BCUT2D eigenvalue weighted by Crippen LogP contribution is 2.55. The summed E-state index contributed by atoms with van der Waals surface area (Å²) in [6.07, 6.45) is 11.5. The van der Waals surface area contributed by atoms with Gasteiger partial charge in [0.15, 0.2) is 0 Å². The normalized spacial score (nSPS) is 25.7. The highest BCUT2D eigenvalue weighted by Gasteiger charge is 2.45. The zero-order valence-corrected chi connectivity index (χ0v) is 15.8. The molecule has 1 aromatic rings. The van der Waals surface area contributed by atoms with E-state index in [-0.39, 0.29) is 11.4 Å². The minimum Gasteiger partial charge on any atom is -0.478 e. The van der Waals surface area contributed by atoms with Gasteiger partial charge in [0.1, 0.15) is 5.82 Å². The van der Waals surface area contributed by atoms with Gasteiger partial charge in [-0.15, -0.1) is 0 Å². The summed E-state index contributed by atoms with van der Waals surface area (Å²) in [6.45, 7) is 3.95. The van der Waals surface area contributed by atoms with E-state index < -0.39 is 5.97 Å². The molecule has 142 valence electrons. The topological polar surface area (TPSA) is 40.5 Å². The molecule has 0 amide bonds. The molecule has 2 aliphatic carbocycles. The maximum atomic E-state index is 14.4. The molecule has 0 bridgehead atoms. The lowest BCUT2D eigenvalue weighted by Gasteiger charge is -2.52. The number of nitrogens with zero attached hydrogens (tertiary/aromatic N) is 1. The van der Waals surface area contributed by atoms with Crippen molar-refractivity contribution in [3.05, 3.63) is 34.6 Å². The lowest BCUT2D eigenvalue weighted by molar-refractivity contribution is -0.0141. The van der Waals surface area contributed by atoms with E-state index in [0.717, 1.165) is 30.0 Å². The minimum atomic E-state index is -1.05. The van der Waals surface area contributed by atoms with Crippen LogP contribution in [0.1, 0.15) is 79.8 Å². The Bertz CT molecular complexity index is 688. The van der Waals surface area contributed by atoms with Gasteiger partial charge in [0.2, 0.25) is 0 Å². The van der Waals surface area contributed by atoms with Gasteiger partial charge in [-0.25, -0.2) is 9.18 Å². The predicted octanol–water partition coefficient (Wildman–Crippen LogP) is 5.02. The maximum Gasteiger partial charge on any atom is 0.335 e. The van der Waals surface area contributed by atoms with E-state index in [1.807, 2.05) is 0 Å². The van der Waals surface area contributed by atoms with Crippen LogP contribution in [0.2, 0.25) is 0 Å². The fourth-order valence-electron chi connectivity index (χ4n) is 5.85. The third-order valence-corrected chi connectivity index (χ3v) is 7.19. The van der Waals surface area contributed by atoms with Crippen molar-refractivity contribution in [3.63, 3.8) is 0 Å². The van der Waals surface area contributed by atoms with Crippen molar-refractivity contribution in [1.82, 2.24) is 4.90 Å². The average Bonchev–Trinajstić information content (AvgIpc) is 2.60. The SMILES string of the molecule is CC[C@H]1Cc2c(F)cc(C(=O)O)cc2CN1CC1CC2(CCCCC2)C1. The van der Waals surface area contributed by atoms with Gasteiger partial charge in [-0.1, -0.05) is 26.2 Å². The lowest BCUT2D eigenvalue weighted by Crippen LogP contribution is -2.48. The van der Waals surface area contributed by atoms with Gasteiger partial charge in [-0.2, -0.15) is 0 Å². The first-order valence-corrected chi connectivity index (χ1v) is 10.3. The summed E-state index contributed by atoms with van der Waals surface area (Å²) in [5.41, 5.74) is 2.32. The second kappa shape index (κ2) is 6.95. The number of aromatic carboxylic acids is 1. The molecular formula is C22H30FNO2. The molecule has 1 aliphatic heterocycles. The third-order valence-electron chi connectivity index (χ3n) is 7.19. The first-order chi connectivity index (χ1) is 12.5. The number of halogens is 1. The molecule has 4 heteroatoms. The van der Waals surface area contributed by atoms with E-state index in [9.17, 15) is 14.3 Å². The van der Waals surface area contributed by atoms with Crippen LogP contribution in [-0.2, 0) is 13.0 Å². The summed E-state index contributed by atoms with van der Waals surface area (Å²) in [7, 11) is 0. The Balaban J connectivity index is 1.47. The van der Waals surface area contributed by atoms with Crippen LogP contribution in [0, 0.1) is 17.2 Å². The van der Waals surface area contributed by atoms with Crippen molar-refractivity contribution in [3.8, 4) is 0 Å². The standard InChI is InChI=1S/C22H30FNO2/c1-2-18-10-19-17(8-16(21(25)26)9-20(19)23)14-24(18)13-15-11-22(12-15)6-4-3-5-7-22/h8-9,15,18H,2-7,10-14H2,1H3,(H,25,26)/t18-/m0/s1. The molecular weight excluding hydrogens is 329 g/mol. The maximum absolute atomic E-state index is 14.4. The molecule has 1 atom stereocenters. The number of hydrogen-bond acceptors (Lipinski definition) is 2. The van der Waals surface area contributed by atoms with Crippen molar-refractivity contribution in [2.24, 2.45) is 11.3 Å². The summed E-state index contributed by atoms with van der Waals surface area (Å²) in [4.78, 5) is 13.8. The van der Waals surface area contributed by atoms with Gasteiger partial charge in [0.25, 0.3) is 0 Å². The number of benzene rings is 1. The monoisotopic (exact) mass is 359 g/mol. The predicted molar refractivity (Wildman–Crippen MR) is 99.8 cm³/mol. The number of fused-ring (bicyclic) bond motifs is 1. The summed E-state index contributed by atoms with van der Waals surface area (Å²) in [6, 6.07) is 3.24. The van der Waals surface area contributed by atoms with E-state index >= 15 is 0 Å². The second-order valence-corrected chi connectivity index (χ2v) is 8.93. The number of rotatable bonds is 4. The molecule has 3 aliphatic rings. The van der Waals surface area contributed by atoms with Crippen LogP contribution >= 0.6 is 0 Å². The Morgan fingerprint density at radius 1 is 1.27 bits per heavy atom. The highest BCUT2D eigenvalue weighted by atomic mass is 19.1. The van der Waals surface area contributed by atoms with Crippen LogP contribution in [0.4, 0.5) is 4.39 Å². The van der Waals surface area contributed by atoms with Gasteiger partial charge in [-0.05, 0) is 73.1 Å². The third kappa shape index (κ3) is 3.28. The quantitative estimate of drug-likeness (QED) is 0.820. The van der Waals surface area contributed by atoms with Gasteiger partial charge >= 0.3 is 5.97 Å². The van der Waals surface area contributed by atoms with Crippen molar-refractivity contribution in [1.29, 1.82) is 0 Å². The van der Waals surface area contributed by atoms with Crippen LogP contribution in [0.15, 0.2) is 12.1 Å². The minimum absolute atomic E-state index is 0.0703. The molecule has 0 aromatic heterocycles. The Kier molecular flexibility index (Phi) is 4.81. The molecule has 26 heavy (non-hydrogen) atoms. The molecule has 0 radical (unpaired) electrons. The van der Waals surface area contributed by atoms with Crippen LogP contribution < -0.4 is 0 Å². The van der Waals surface area contributed by atoms with Crippen LogP contribution in [-0.4, -0.2) is 28.6 Å². The molecule has 1 spiro atoms. The van der Waals surface area contributed by atoms with Crippen LogP contribution in [0.25, 0.3) is 0 Å². The zero-order chi connectivity index (χ0) is 18.3. The van der Waals surface area contributed by atoms with Crippen molar-refractivity contribution >= 4 is 5.97 Å². The van der Waals surface area contributed by atoms with E-state index in [0.29, 0.717) is 24.4 Å². The highest BCUT2D eigenvalue weighted by molar-refractivity contribution is 5.88. The smallest absolute Gasteiger partial charge is 0.335 e. The van der Waals surface area contributed by atoms with Gasteiger partial charge in [-0.3, -0.25) is 4.90 Å². The molecule has 2 fully saturated rings. The number of carbonyl (C=O) groups is 1. The Labute approximate surface area is 155 Å². The largest absolute Gasteiger partial charge is 0.478 e. The summed E-state index contributed by atoms with van der Waals surface area (Å²) < 4.78 is 14.4. The average molecular weight is 359 g/mol. The molecule has 1 N–H and O–H groups in total. The summed E-state index contributed by atoms with van der Waals surface area (Å²) in [5, 5.41) is 9.23. The first kappa shape index (κ1) is 18.0. The molecule has 0 unspecified atom stereocenters. The second-order valence-electron chi connectivity index (χ2n) is 8.93. The molecule has 3 nitrogen and oxygen atoms in total. The van der Waals surface area contributed by atoms with E-state index in [1.54, 1.807) is 6.07 Å². The number of carboxylic acids is 1. The first-order valence-electron chi connectivity index (χ1n) is 10.3.